The minimum absolute atomic E-state index is 0.248. The molecule has 6 nitrogen and oxygen atoms in total. The van der Waals surface area contributed by atoms with Crippen LogP contribution < -0.4 is 10.6 Å². The smallest absolute Gasteiger partial charge is 0.408 e. The molecule has 0 radical (unpaired) electrons. The molecular formula is C21H32N2O4. The highest BCUT2D eigenvalue weighted by Crippen LogP contribution is 2.35. The number of nitrogens with one attached hydrogen (secondary N) is 2. The van der Waals surface area contributed by atoms with Gasteiger partial charge in [0.1, 0.15) is 16.7 Å². The summed E-state index contributed by atoms with van der Waals surface area (Å²) in [6, 6.07) is 9.95. The summed E-state index contributed by atoms with van der Waals surface area (Å²) < 4.78 is 11.3. The first-order chi connectivity index (χ1) is 12.6. The second-order valence-electron chi connectivity index (χ2n) is 8.31. The fourth-order valence-corrected chi connectivity index (χ4v) is 3.16. The summed E-state index contributed by atoms with van der Waals surface area (Å²) in [6.45, 7) is 9.96. The molecule has 1 saturated heterocycles. The maximum absolute atomic E-state index is 12.9. The SMILES string of the molecule is CC[C@@](C)(NC(=O)OC(C)(C)C)C(=O)NCC1(c2ccccc2)CCCO1. The fourth-order valence-electron chi connectivity index (χ4n) is 3.16. The lowest BCUT2D eigenvalue weighted by Gasteiger charge is -2.33. The van der Waals surface area contributed by atoms with Gasteiger partial charge in [0.05, 0.1) is 6.54 Å². The van der Waals surface area contributed by atoms with Crippen molar-refractivity contribution in [3.63, 3.8) is 0 Å². The maximum Gasteiger partial charge on any atom is 0.408 e. The molecule has 1 aliphatic heterocycles. The van der Waals surface area contributed by atoms with Gasteiger partial charge in [-0.3, -0.25) is 4.79 Å². The topological polar surface area (TPSA) is 76.7 Å². The highest BCUT2D eigenvalue weighted by Gasteiger charge is 2.40. The van der Waals surface area contributed by atoms with Gasteiger partial charge in [-0.05, 0) is 52.5 Å². The van der Waals surface area contributed by atoms with Crippen LogP contribution in [0.5, 0.6) is 0 Å². The summed E-state index contributed by atoms with van der Waals surface area (Å²) >= 11 is 0. The van der Waals surface area contributed by atoms with Gasteiger partial charge < -0.3 is 20.1 Å². The Morgan fingerprint density at radius 2 is 1.85 bits per heavy atom. The second kappa shape index (κ2) is 8.30. The van der Waals surface area contributed by atoms with Gasteiger partial charge >= 0.3 is 6.09 Å². The molecule has 2 rings (SSSR count). The van der Waals surface area contributed by atoms with Crippen LogP contribution in [-0.2, 0) is 19.9 Å². The number of rotatable bonds is 6. The zero-order valence-corrected chi connectivity index (χ0v) is 17.1. The largest absolute Gasteiger partial charge is 0.444 e. The zero-order valence-electron chi connectivity index (χ0n) is 17.1. The van der Waals surface area contributed by atoms with Crippen LogP contribution >= 0.6 is 0 Å². The molecule has 27 heavy (non-hydrogen) atoms. The van der Waals surface area contributed by atoms with Gasteiger partial charge in [0.25, 0.3) is 0 Å². The lowest BCUT2D eigenvalue weighted by Crippen LogP contribution is -2.58. The standard InChI is InChI=1S/C21H32N2O4/c1-6-20(5,23-18(25)27-19(2,3)4)17(24)22-15-21(13-10-14-26-21)16-11-8-7-9-12-16/h7-9,11-12H,6,10,13-15H2,1-5H3,(H,22,24)(H,23,25)/t20-,21?/m1/s1. The molecule has 1 aromatic carbocycles. The molecule has 2 atom stereocenters. The van der Waals surface area contributed by atoms with Crippen LogP contribution in [0.25, 0.3) is 0 Å². The van der Waals surface area contributed by atoms with Crippen LogP contribution in [0.4, 0.5) is 4.79 Å². The van der Waals surface area contributed by atoms with Crippen molar-refractivity contribution in [3.8, 4) is 0 Å². The van der Waals surface area contributed by atoms with E-state index in [-0.39, 0.29) is 5.91 Å². The van der Waals surface area contributed by atoms with E-state index >= 15 is 0 Å². The van der Waals surface area contributed by atoms with Crippen LogP contribution in [0.1, 0.15) is 59.4 Å². The Kier molecular flexibility index (Phi) is 6.52. The number of hydrogen-bond acceptors (Lipinski definition) is 4. The Hall–Kier alpha value is -2.08. The fraction of sp³-hybridized carbons (Fsp3) is 0.619. The molecule has 1 unspecified atom stereocenters. The third kappa shape index (κ3) is 5.45. The van der Waals surface area contributed by atoms with Crippen molar-refractivity contribution >= 4 is 12.0 Å². The number of alkyl carbamates (subject to hydrolysis) is 1. The lowest BCUT2D eigenvalue weighted by molar-refractivity contribution is -0.128. The predicted octanol–water partition coefficient (Wildman–Crippen LogP) is 3.50. The van der Waals surface area contributed by atoms with Gasteiger partial charge in [-0.2, -0.15) is 0 Å². The van der Waals surface area contributed by atoms with Crippen molar-refractivity contribution in [3.05, 3.63) is 35.9 Å². The van der Waals surface area contributed by atoms with Gasteiger partial charge in [0.15, 0.2) is 0 Å². The van der Waals surface area contributed by atoms with Crippen molar-refractivity contribution in [1.82, 2.24) is 10.6 Å². The summed E-state index contributed by atoms with van der Waals surface area (Å²) in [4.78, 5) is 25.0. The normalized spacial score (nSPS) is 22.0. The molecule has 0 spiro atoms. The van der Waals surface area contributed by atoms with E-state index in [9.17, 15) is 9.59 Å². The highest BCUT2D eigenvalue weighted by molar-refractivity contribution is 5.89. The van der Waals surface area contributed by atoms with E-state index in [1.807, 2.05) is 37.3 Å². The molecule has 1 heterocycles. The Morgan fingerprint density at radius 3 is 2.37 bits per heavy atom. The number of hydrogen-bond donors (Lipinski definition) is 2. The van der Waals surface area contributed by atoms with Crippen molar-refractivity contribution < 1.29 is 19.1 Å². The Bertz CT molecular complexity index is 648. The molecule has 0 saturated carbocycles. The molecule has 1 fully saturated rings. The van der Waals surface area contributed by atoms with Crippen LogP contribution in [0.2, 0.25) is 0 Å². The third-order valence-corrected chi connectivity index (χ3v) is 4.92. The number of carbonyl (C=O) groups excluding carboxylic acids is 2. The van der Waals surface area contributed by atoms with Crippen molar-refractivity contribution in [2.24, 2.45) is 0 Å². The average Bonchev–Trinajstić information content (AvgIpc) is 3.08. The summed E-state index contributed by atoms with van der Waals surface area (Å²) in [5.74, 6) is -0.248. The number of ether oxygens (including phenoxy) is 2. The Balaban J connectivity index is 2.06. The number of benzene rings is 1. The molecule has 1 aliphatic rings. The van der Waals surface area contributed by atoms with Gasteiger partial charge in [0.2, 0.25) is 5.91 Å². The maximum atomic E-state index is 12.9. The molecule has 0 aliphatic carbocycles. The molecule has 0 aromatic heterocycles. The van der Waals surface area contributed by atoms with Crippen molar-refractivity contribution in [2.45, 2.75) is 70.6 Å². The van der Waals surface area contributed by atoms with E-state index in [1.165, 1.54) is 0 Å². The minimum atomic E-state index is -1.06. The lowest BCUT2D eigenvalue weighted by atomic mass is 9.90. The van der Waals surface area contributed by atoms with Gasteiger partial charge in [-0.1, -0.05) is 37.3 Å². The van der Waals surface area contributed by atoms with E-state index in [0.717, 1.165) is 18.4 Å². The summed E-state index contributed by atoms with van der Waals surface area (Å²) in [5, 5.41) is 5.70. The third-order valence-electron chi connectivity index (χ3n) is 4.92. The van der Waals surface area contributed by atoms with E-state index < -0.39 is 22.8 Å². The quantitative estimate of drug-likeness (QED) is 0.797. The number of amides is 2. The molecular weight excluding hydrogens is 344 g/mol. The van der Waals surface area contributed by atoms with E-state index in [4.69, 9.17) is 9.47 Å². The molecule has 2 N–H and O–H groups in total. The average molecular weight is 376 g/mol. The van der Waals surface area contributed by atoms with Gasteiger partial charge in [-0.15, -0.1) is 0 Å². The summed E-state index contributed by atoms with van der Waals surface area (Å²) in [6.07, 6.45) is 1.64. The molecule has 6 heteroatoms. The van der Waals surface area contributed by atoms with Crippen LogP contribution in [-0.4, -0.2) is 36.3 Å². The first-order valence-electron chi connectivity index (χ1n) is 9.59. The molecule has 0 bridgehead atoms. The van der Waals surface area contributed by atoms with Crippen LogP contribution in [0, 0.1) is 0 Å². The molecule has 150 valence electrons. The van der Waals surface area contributed by atoms with Gasteiger partial charge in [0, 0.05) is 6.61 Å². The summed E-state index contributed by atoms with van der Waals surface area (Å²) in [7, 11) is 0. The Labute approximate surface area is 162 Å². The zero-order chi connectivity index (χ0) is 20.1. The van der Waals surface area contributed by atoms with E-state index in [2.05, 4.69) is 10.6 Å². The Morgan fingerprint density at radius 1 is 1.19 bits per heavy atom. The first-order valence-corrected chi connectivity index (χ1v) is 9.59. The van der Waals surface area contributed by atoms with Gasteiger partial charge in [-0.25, -0.2) is 4.79 Å². The van der Waals surface area contributed by atoms with E-state index in [0.29, 0.717) is 19.6 Å². The minimum Gasteiger partial charge on any atom is -0.444 e. The van der Waals surface area contributed by atoms with Crippen LogP contribution in [0.3, 0.4) is 0 Å². The van der Waals surface area contributed by atoms with Crippen molar-refractivity contribution in [1.29, 1.82) is 0 Å². The predicted molar refractivity (Wildman–Crippen MR) is 104 cm³/mol. The van der Waals surface area contributed by atoms with Crippen molar-refractivity contribution in [2.75, 3.05) is 13.2 Å². The number of carbonyl (C=O) groups is 2. The molecule has 2 amide bonds. The second-order valence-corrected chi connectivity index (χ2v) is 8.31. The van der Waals surface area contributed by atoms with Crippen LogP contribution in [0.15, 0.2) is 30.3 Å². The summed E-state index contributed by atoms with van der Waals surface area (Å²) in [5.41, 5.74) is -1.14. The van der Waals surface area contributed by atoms with E-state index in [1.54, 1.807) is 27.7 Å². The highest BCUT2D eigenvalue weighted by atomic mass is 16.6. The first kappa shape index (κ1) is 21.2. The molecule has 1 aromatic rings. The monoisotopic (exact) mass is 376 g/mol.